The Morgan fingerprint density at radius 3 is 2.50 bits per heavy atom. The minimum absolute atomic E-state index is 0. The number of aromatic nitrogens is 1. The van der Waals surface area contributed by atoms with Crippen molar-refractivity contribution in [3.8, 4) is 0 Å². The van der Waals surface area contributed by atoms with Gasteiger partial charge in [0.25, 0.3) is 0 Å². The molecule has 0 bridgehead atoms. The fraction of sp³-hybridized carbons (Fsp3) is 0.667. The molecule has 1 aromatic heterocycles. The molecule has 2 N–H and O–H groups in total. The molecule has 2 rings (SSSR count). The molecule has 82 valence electrons. The fourth-order valence-corrected chi connectivity index (χ4v) is 2.67. The number of thiazole rings is 1. The molecule has 0 aromatic carbocycles. The first kappa shape index (κ1) is 14.2. The average Bonchev–Trinajstić information content (AvgIpc) is 2.46. The zero-order chi connectivity index (χ0) is 8.55. The number of aryl methyl sites for hydroxylation is 2. The number of hydrogen-bond acceptors (Lipinski definition) is 3. The van der Waals surface area contributed by atoms with E-state index in [1.165, 1.54) is 36.3 Å². The summed E-state index contributed by atoms with van der Waals surface area (Å²) < 4.78 is 0. The standard InChI is InChI=1S/C9H14N2S.2ClH/c1-6(10)9-11-7-4-2-3-5-8(7)12-9;;/h6H,2-5,10H2,1H3;2*1H. The van der Waals surface area contributed by atoms with Gasteiger partial charge >= 0.3 is 0 Å². The summed E-state index contributed by atoms with van der Waals surface area (Å²) in [5.41, 5.74) is 7.09. The lowest BCUT2D eigenvalue weighted by Gasteiger charge is -2.06. The normalized spacial score (nSPS) is 16.1. The minimum atomic E-state index is 0. The first-order valence-corrected chi connectivity index (χ1v) is 5.33. The van der Waals surface area contributed by atoms with Crippen LogP contribution in [0.25, 0.3) is 0 Å². The summed E-state index contributed by atoms with van der Waals surface area (Å²) in [6, 6.07) is 0.112. The van der Waals surface area contributed by atoms with Gasteiger partial charge in [0.1, 0.15) is 5.01 Å². The van der Waals surface area contributed by atoms with Gasteiger partial charge in [-0.05, 0) is 32.6 Å². The number of rotatable bonds is 1. The van der Waals surface area contributed by atoms with Gasteiger partial charge in [-0.25, -0.2) is 4.98 Å². The predicted molar refractivity (Wildman–Crippen MR) is 65.9 cm³/mol. The summed E-state index contributed by atoms with van der Waals surface area (Å²) in [6.45, 7) is 2.00. The maximum absolute atomic E-state index is 5.77. The molecule has 1 atom stereocenters. The third-order valence-electron chi connectivity index (χ3n) is 2.25. The van der Waals surface area contributed by atoms with E-state index in [-0.39, 0.29) is 30.9 Å². The molecule has 0 fully saturated rings. The van der Waals surface area contributed by atoms with Crippen LogP contribution >= 0.6 is 36.2 Å². The van der Waals surface area contributed by atoms with Gasteiger partial charge in [0.15, 0.2) is 0 Å². The third-order valence-corrected chi connectivity index (χ3v) is 3.61. The number of halogens is 2. The van der Waals surface area contributed by atoms with Gasteiger partial charge in [-0.3, -0.25) is 0 Å². The molecular weight excluding hydrogens is 239 g/mol. The van der Waals surface area contributed by atoms with E-state index in [0.717, 1.165) is 5.01 Å². The lowest BCUT2D eigenvalue weighted by Crippen LogP contribution is -2.04. The molecule has 0 spiro atoms. The second-order valence-electron chi connectivity index (χ2n) is 3.42. The highest BCUT2D eigenvalue weighted by Crippen LogP contribution is 2.28. The van der Waals surface area contributed by atoms with E-state index in [2.05, 4.69) is 4.98 Å². The Morgan fingerprint density at radius 1 is 1.29 bits per heavy atom. The molecule has 1 aromatic rings. The van der Waals surface area contributed by atoms with Crippen LogP contribution < -0.4 is 5.73 Å². The summed E-state index contributed by atoms with van der Waals surface area (Å²) >= 11 is 1.81. The Bertz CT molecular complexity index is 263. The lowest BCUT2D eigenvalue weighted by atomic mass is 10.0. The summed E-state index contributed by atoms with van der Waals surface area (Å²) in [4.78, 5) is 6.02. The zero-order valence-corrected chi connectivity index (χ0v) is 10.6. The van der Waals surface area contributed by atoms with Gasteiger partial charge in [0.2, 0.25) is 0 Å². The van der Waals surface area contributed by atoms with Crippen LogP contribution in [0, 0.1) is 0 Å². The number of nitrogens with two attached hydrogens (primary N) is 1. The first-order valence-electron chi connectivity index (χ1n) is 4.51. The number of hydrogen-bond donors (Lipinski definition) is 1. The van der Waals surface area contributed by atoms with Gasteiger partial charge in [0.05, 0.1) is 11.7 Å². The summed E-state index contributed by atoms with van der Waals surface area (Å²) in [5, 5.41) is 1.11. The molecule has 1 aliphatic carbocycles. The van der Waals surface area contributed by atoms with Gasteiger partial charge in [-0.1, -0.05) is 0 Å². The van der Waals surface area contributed by atoms with Gasteiger partial charge in [-0.15, -0.1) is 36.2 Å². The van der Waals surface area contributed by atoms with Crippen molar-refractivity contribution in [3.05, 3.63) is 15.6 Å². The lowest BCUT2D eigenvalue weighted by molar-refractivity contribution is 0.677. The van der Waals surface area contributed by atoms with Crippen LogP contribution in [0.1, 0.15) is 41.4 Å². The first-order chi connectivity index (χ1) is 5.77. The van der Waals surface area contributed by atoms with E-state index in [4.69, 9.17) is 5.73 Å². The molecule has 1 heterocycles. The van der Waals surface area contributed by atoms with Crippen molar-refractivity contribution >= 4 is 36.2 Å². The Balaban J connectivity index is 0.000000845. The van der Waals surface area contributed by atoms with Crippen molar-refractivity contribution in [2.45, 2.75) is 38.6 Å². The Labute approximate surface area is 101 Å². The van der Waals surface area contributed by atoms with E-state index in [1.54, 1.807) is 0 Å². The molecule has 0 saturated heterocycles. The highest BCUT2D eigenvalue weighted by Gasteiger charge is 2.16. The fourth-order valence-electron chi connectivity index (χ4n) is 1.57. The molecule has 14 heavy (non-hydrogen) atoms. The summed E-state index contributed by atoms with van der Waals surface area (Å²) in [5.74, 6) is 0. The van der Waals surface area contributed by atoms with Crippen LogP contribution in [0.4, 0.5) is 0 Å². The van der Waals surface area contributed by atoms with Crippen LogP contribution in [0.15, 0.2) is 0 Å². The minimum Gasteiger partial charge on any atom is -0.322 e. The number of fused-ring (bicyclic) bond motifs is 1. The molecule has 0 saturated carbocycles. The van der Waals surface area contributed by atoms with E-state index in [1.807, 2.05) is 18.3 Å². The quantitative estimate of drug-likeness (QED) is 0.838. The van der Waals surface area contributed by atoms with Crippen LogP contribution in [0.3, 0.4) is 0 Å². The van der Waals surface area contributed by atoms with E-state index < -0.39 is 0 Å². The van der Waals surface area contributed by atoms with Crippen molar-refractivity contribution in [2.24, 2.45) is 5.73 Å². The van der Waals surface area contributed by atoms with E-state index in [9.17, 15) is 0 Å². The van der Waals surface area contributed by atoms with Gasteiger partial charge in [-0.2, -0.15) is 0 Å². The van der Waals surface area contributed by atoms with Crippen molar-refractivity contribution in [2.75, 3.05) is 0 Å². The predicted octanol–water partition coefficient (Wildman–Crippen LogP) is 2.89. The molecule has 2 nitrogen and oxygen atoms in total. The van der Waals surface area contributed by atoms with Crippen LogP contribution in [-0.4, -0.2) is 4.98 Å². The van der Waals surface area contributed by atoms with Gasteiger partial charge in [0, 0.05) is 4.88 Å². The largest absolute Gasteiger partial charge is 0.322 e. The number of nitrogens with zero attached hydrogens (tertiary/aromatic N) is 1. The summed E-state index contributed by atoms with van der Waals surface area (Å²) in [6.07, 6.45) is 5.01. The van der Waals surface area contributed by atoms with Gasteiger partial charge < -0.3 is 5.73 Å². The van der Waals surface area contributed by atoms with Crippen molar-refractivity contribution in [1.82, 2.24) is 4.98 Å². The highest BCUT2D eigenvalue weighted by atomic mass is 35.5. The van der Waals surface area contributed by atoms with Crippen molar-refractivity contribution in [1.29, 1.82) is 0 Å². The molecule has 5 heteroatoms. The molecular formula is C9H16Cl2N2S. The zero-order valence-electron chi connectivity index (χ0n) is 8.16. The average molecular weight is 255 g/mol. The third kappa shape index (κ3) is 2.83. The van der Waals surface area contributed by atoms with E-state index in [0.29, 0.717) is 0 Å². The molecule has 1 unspecified atom stereocenters. The second kappa shape index (κ2) is 5.91. The van der Waals surface area contributed by atoms with Crippen LogP contribution in [0.5, 0.6) is 0 Å². The van der Waals surface area contributed by atoms with Crippen LogP contribution in [0.2, 0.25) is 0 Å². The van der Waals surface area contributed by atoms with E-state index >= 15 is 0 Å². The molecule has 1 aliphatic rings. The smallest absolute Gasteiger partial charge is 0.110 e. The highest BCUT2D eigenvalue weighted by molar-refractivity contribution is 7.11. The Hall–Kier alpha value is 0.170. The summed E-state index contributed by atoms with van der Waals surface area (Å²) in [7, 11) is 0. The second-order valence-corrected chi connectivity index (χ2v) is 4.53. The maximum atomic E-state index is 5.77. The van der Waals surface area contributed by atoms with Crippen molar-refractivity contribution < 1.29 is 0 Å². The molecule has 0 amide bonds. The molecule has 0 aliphatic heterocycles. The topological polar surface area (TPSA) is 38.9 Å². The van der Waals surface area contributed by atoms with Crippen LogP contribution in [-0.2, 0) is 12.8 Å². The Morgan fingerprint density at radius 2 is 1.93 bits per heavy atom. The SMILES string of the molecule is CC(N)c1nc2c(s1)CCCC2.Cl.Cl. The monoisotopic (exact) mass is 254 g/mol. The Kier molecular flexibility index (Phi) is 5.98. The van der Waals surface area contributed by atoms with Crippen molar-refractivity contribution in [3.63, 3.8) is 0 Å². The maximum Gasteiger partial charge on any atom is 0.110 e. The molecule has 0 radical (unpaired) electrons.